The predicted octanol–water partition coefficient (Wildman–Crippen LogP) is 4.45. The van der Waals surface area contributed by atoms with Crippen molar-refractivity contribution in [1.29, 1.82) is 0 Å². The van der Waals surface area contributed by atoms with Gasteiger partial charge in [-0.15, -0.1) is 0 Å². The van der Waals surface area contributed by atoms with Gasteiger partial charge in [-0.25, -0.2) is 4.79 Å². The zero-order valence-electron chi connectivity index (χ0n) is 18.7. The first kappa shape index (κ1) is 22.1. The molecule has 0 aromatic heterocycles. The fraction of sp³-hybridized carbons (Fsp3) is 0.321. The molecule has 0 spiro atoms. The zero-order valence-corrected chi connectivity index (χ0v) is 18.7. The Labute approximate surface area is 190 Å². The minimum absolute atomic E-state index is 0.0605. The number of rotatable bonds is 8. The quantitative estimate of drug-likeness (QED) is 0.537. The molecular weight excluding hydrogens is 398 g/mol. The lowest BCUT2D eigenvalue weighted by molar-refractivity contribution is -0.906. The van der Waals surface area contributed by atoms with Gasteiger partial charge in [-0.1, -0.05) is 60.7 Å². The van der Waals surface area contributed by atoms with Gasteiger partial charge in [0.25, 0.3) is 0 Å². The number of methoxy groups -OCH3 is 1. The molecule has 4 nitrogen and oxygen atoms in total. The Kier molecular flexibility index (Phi) is 7.57. The van der Waals surface area contributed by atoms with Crippen molar-refractivity contribution in [2.24, 2.45) is 0 Å². The first-order valence-electron chi connectivity index (χ1n) is 11.5. The van der Waals surface area contributed by atoms with Crippen LogP contribution in [0.4, 0.5) is 0 Å². The topological polar surface area (TPSA) is 40.0 Å². The van der Waals surface area contributed by atoms with Crippen LogP contribution in [-0.2, 0) is 4.74 Å². The predicted molar refractivity (Wildman–Crippen MR) is 126 cm³/mol. The van der Waals surface area contributed by atoms with Gasteiger partial charge < -0.3 is 14.4 Å². The van der Waals surface area contributed by atoms with Crippen LogP contribution in [0, 0.1) is 0 Å². The van der Waals surface area contributed by atoms with Gasteiger partial charge in [0.05, 0.1) is 38.2 Å². The van der Waals surface area contributed by atoms with Crippen molar-refractivity contribution in [2.75, 3.05) is 26.7 Å². The van der Waals surface area contributed by atoms with Crippen molar-refractivity contribution in [3.05, 3.63) is 102 Å². The van der Waals surface area contributed by atoms with E-state index in [9.17, 15) is 4.79 Å². The Morgan fingerprint density at radius 3 is 2.06 bits per heavy atom. The number of carbonyl (C=O) groups excluding carboxylic acids is 1. The molecule has 1 N–H and O–H groups in total. The van der Waals surface area contributed by atoms with Gasteiger partial charge in [-0.05, 0) is 54.7 Å². The van der Waals surface area contributed by atoms with Gasteiger partial charge in [-0.3, -0.25) is 0 Å². The molecule has 1 aliphatic rings. The number of benzene rings is 3. The first-order valence-corrected chi connectivity index (χ1v) is 11.5. The molecule has 4 rings (SSSR count). The van der Waals surface area contributed by atoms with Crippen LogP contribution in [0.15, 0.2) is 84.9 Å². The second kappa shape index (κ2) is 11.0. The number of piperidine rings is 1. The third kappa shape index (κ3) is 5.57. The van der Waals surface area contributed by atoms with Gasteiger partial charge in [0.1, 0.15) is 11.9 Å². The zero-order chi connectivity index (χ0) is 22.2. The van der Waals surface area contributed by atoms with Gasteiger partial charge >= 0.3 is 5.97 Å². The number of likely N-dealkylation sites (tertiary alicyclic amines) is 1. The summed E-state index contributed by atoms with van der Waals surface area (Å²) in [5.74, 6) is 0.561. The Balaban J connectivity index is 1.69. The van der Waals surface area contributed by atoms with E-state index in [1.54, 1.807) is 24.1 Å². The van der Waals surface area contributed by atoms with E-state index >= 15 is 0 Å². The van der Waals surface area contributed by atoms with Gasteiger partial charge in [0.2, 0.25) is 0 Å². The maximum absolute atomic E-state index is 13.1. The van der Waals surface area contributed by atoms with E-state index in [1.165, 1.54) is 37.9 Å². The maximum atomic E-state index is 13.1. The minimum Gasteiger partial charge on any atom is -0.497 e. The van der Waals surface area contributed by atoms with Gasteiger partial charge in [0, 0.05) is 0 Å². The van der Waals surface area contributed by atoms with Crippen molar-refractivity contribution in [2.45, 2.75) is 31.3 Å². The molecule has 1 heterocycles. The standard InChI is InChI=1S/C28H31NO3/c1-31-25-17-15-23(16-18-25)27(32-28(30)24-13-7-3-8-14-24)26(22-11-5-2-6-12-22)21-29-19-9-4-10-20-29/h2-3,5-8,11-18,26-27H,4,9-10,19-21H2,1H3/p+1. The molecule has 1 saturated heterocycles. The van der Waals surface area contributed by atoms with Crippen molar-refractivity contribution >= 4 is 5.97 Å². The fourth-order valence-corrected chi connectivity index (χ4v) is 4.60. The summed E-state index contributed by atoms with van der Waals surface area (Å²) in [5, 5.41) is 0. The molecule has 0 radical (unpaired) electrons. The number of esters is 1. The highest BCUT2D eigenvalue weighted by molar-refractivity contribution is 5.89. The smallest absolute Gasteiger partial charge is 0.338 e. The average molecular weight is 431 g/mol. The fourth-order valence-electron chi connectivity index (χ4n) is 4.60. The van der Waals surface area contributed by atoms with Crippen LogP contribution in [0.2, 0.25) is 0 Å². The summed E-state index contributed by atoms with van der Waals surface area (Å²) in [5.41, 5.74) is 2.76. The minimum atomic E-state index is -0.384. The largest absolute Gasteiger partial charge is 0.497 e. The van der Waals surface area contributed by atoms with Crippen LogP contribution in [0.5, 0.6) is 5.75 Å². The molecule has 0 amide bonds. The van der Waals surface area contributed by atoms with Crippen LogP contribution in [0.25, 0.3) is 0 Å². The second-order valence-electron chi connectivity index (χ2n) is 8.50. The monoisotopic (exact) mass is 430 g/mol. The number of carbonyl (C=O) groups is 1. The number of hydrogen-bond donors (Lipinski definition) is 1. The molecule has 1 aliphatic heterocycles. The van der Waals surface area contributed by atoms with Gasteiger partial charge in [-0.2, -0.15) is 0 Å². The highest BCUT2D eigenvalue weighted by Gasteiger charge is 2.33. The number of hydrogen-bond acceptors (Lipinski definition) is 3. The summed E-state index contributed by atoms with van der Waals surface area (Å²) >= 11 is 0. The summed E-state index contributed by atoms with van der Waals surface area (Å²) in [6.07, 6.45) is 3.44. The summed E-state index contributed by atoms with van der Waals surface area (Å²) in [7, 11) is 1.66. The van der Waals surface area contributed by atoms with E-state index < -0.39 is 0 Å². The summed E-state index contributed by atoms with van der Waals surface area (Å²) < 4.78 is 11.6. The average Bonchev–Trinajstić information content (AvgIpc) is 2.88. The number of quaternary nitrogens is 1. The molecule has 32 heavy (non-hydrogen) atoms. The van der Waals surface area contributed by atoms with Crippen molar-refractivity contribution in [1.82, 2.24) is 0 Å². The highest BCUT2D eigenvalue weighted by atomic mass is 16.5. The van der Waals surface area contributed by atoms with E-state index in [0.717, 1.165) is 17.9 Å². The molecule has 166 valence electrons. The highest BCUT2D eigenvalue weighted by Crippen LogP contribution is 2.35. The normalized spacial score (nSPS) is 16.2. The van der Waals surface area contributed by atoms with E-state index in [4.69, 9.17) is 9.47 Å². The molecule has 4 heteroatoms. The molecule has 2 atom stereocenters. The number of nitrogens with one attached hydrogen (secondary N) is 1. The van der Waals surface area contributed by atoms with Crippen LogP contribution in [0.3, 0.4) is 0 Å². The first-order chi connectivity index (χ1) is 15.7. The lowest BCUT2D eigenvalue weighted by Gasteiger charge is -2.32. The lowest BCUT2D eigenvalue weighted by Crippen LogP contribution is -3.13. The maximum Gasteiger partial charge on any atom is 0.338 e. The Hall–Kier alpha value is -3.11. The van der Waals surface area contributed by atoms with E-state index in [1.807, 2.05) is 48.5 Å². The molecule has 2 unspecified atom stereocenters. The van der Waals surface area contributed by atoms with Crippen molar-refractivity contribution in [3.63, 3.8) is 0 Å². The van der Waals surface area contributed by atoms with Crippen LogP contribution in [-0.4, -0.2) is 32.7 Å². The van der Waals surface area contributed by atoms with Gasteiger partial charge in [0.15, 0.2) is 0 Å². The third-order valence-corrected chi connectivity index (χ3v) is 6.35. The van der Waals surface area contributed by atoms with E-state index in [0.29, 0.717) is 5.56 Å². The van der Waals surface area contributed by atoms with Crippen LogP contribution < -0.4 is 9.64 Å². The van der Waals surface area contributed by atoms with Crippen molar-refractivity contribution in [3.8, 4) is 5.75 Å². The molecular formula is C28H32NO3+. The van der Waals surface area contributed by atoms with Crippen molar-refractivity contribution < 1.29 is 19.2 Å². The molecule has 0 saturated carbocycles. The molecule has 3 aromatic rings. The summed E-state index contributed by atoms with van der Waals surface area (Å²) in [6, 6.07) is 27.6. The Morgan fingerprint density at radius 2 is 1.44 bits per heavy atom. The molecule has 3 aromatic carbocycles. The molecule has 0 bridgehead atoms. The third-order valence-electron chi connectivity index (χ3n) is 6.35. The van der Waals surface area contributed by atoms with Crippen LogP contribution >= 0.6 is 0 Å². The Bertz CT molecular complexity index is 967. The SMILES string of the molecule is COc1ccc(C(OC(=O)c2ccccc2)C(C[NH+]2CCCCC2)c2ccccc2)cc1. The molecule has 1 fully saturated rings. The number of ether oxygens (including phenoxy) is 2. The second-order valence-corrected chi connectivity index (χ2v) is 8.50. The summed E-state index contributed by atoms with van der Waals surface area (Å²) in [6.45, 7) is 3.28. The summed E-state index contributed by atoms with van der Waals surface area (Å²) in [4.78, 5) is 14.7. The van der Waals surface area contributed by atoms with E-state index in [2.05, 4.69) is 24.3 Å². The van der Waals surface area contributed by atoms with Crippen LogP contribution in [0.1, 0.15) is 52.8 Å². The Morgan fingerprint density at radius 1 is 0.812 bits per heavy atom. The van der Waals surface area contributed by atoms with E-state index in [-0.39, 0.29) is 18.0 Å². The lowest BCUT2D eigenvalue weighted by atomic mass is 9.87. The molecule has 0 aliphatic carbocycles.